The van der Waals surface area contributed by atoms with Crippen LogP contribution in [-0.2, 0) is 4.79 Å². The number of carboxylic acid groups (broad SMARTS) is 1. The molecule has 0 aliphatic rings. The second-order valence-electron chi connectivity index (χ2n) is 3.56. The van der Waals surface area contributed by atoms with Crippen molar-refractivity contribution in [3.63, 3.8) is 0 Å². The summed E-state index contributed by atoms with van der Waals surface area (Å²) in [4.78, 5) is 10.3. The van der Waals surface area contributed by atoms with E-state index in [2.05, 4.69) is 5.32 Å². The minimum atomic E-state index is -1.04. The Morgan fingerprint density at radius 3 is 2.76 bits per heavy atom. The Morgan fingerprint density at radius 2 is 2.18 bits per heavy atom. The second-order valence-corrected chi connectivity index (χ2v) is 3.99. The highest BCUT2D eigenvalue weighted by Crippen LogP contribution is 2.25. The van der Waals surface area contributed by atoms with Crippen LogP contribution in [0.15, 0.2) is 18.2 Å². The first-order valence-corrected chi connectivity index (χ1v) is 5.50. The zero-order chi connectivity index (χ0) is 12.8. The predicted octanol–water partition coefficient (Wildman–Crippen LogP) is 1.49. The normalized spacial score (nSPS) is 12.4. The van der Waals surface area contributed by atoms with Crippen molar-refractivity contribution in [2.75, 3.05) is 6.54 Å². The van der Waals surface area contributed by atoms with Gasteiger partial charge in [-0.3, -0.25) is 10.1 Å². The smallest absolute Gasteiger partial charge is 0.303 e. The zero-order valence-corrected chi connectivity index (χ0v) is 9.81. The molecule has 4 N–H and O–H groups in total. The van der Waals surface area contributed by atoms with E-state index in [1.54, 1.807) is 6.07 Å². The van der Waals surface area contributed by atoms with Crippen molar-refractivity contribution in [2.24, 2.45) is 0 Å². The van der Waals surface area contributed by atoms with Gasteiger partial charge in [0.25, 0.3) is 0 Å². The summed E-state index contributed by atoms with van der Waals surface area (Å²) >= 11 is 5.66. The van der Waals surface area contributed by atoms with E-state index in [0.29, 0.717) is 23.6 Å². The standard InChI is InChI=1S/C11H14ClNO4/c12-7-3-4-8(9(14)6-7)11(17)13-5-1-2-10(15)16/h3-4,6,11,13-14,17H,1-2,5H2,(H,15,16). The summed E-state index contributed by atoms with van der Waals surface area (Å²) in [5.41, 5.74) is 0.310. The molecular formula is C11H14ClNO4. The van der Waals surface area contributed by atoms with E-state index < -0.39 is 12.2 Å². The monoisotopic (exact) mass is 259 g/mol. The van der Waals surface area contributed by atoms with Gasteiger partial charge in [0, 0.05) is 17.0 Å². The van der Waals surface area contributed by atoms with E-state index in [9.17, 15) is 15.0 Å². The van der Waals surface area contributed by atoms with Crippen LogP contribution in [-0.4, -0.2) is 27.8 Å². The third kappa shape index (κ3) is 4.60. The number of phenolic OH excluding ortho intramolecular Hbond substituents is 1. The van der Waals surface area contributed by atoms with Crippen LogP contribution in [0.5, 0.6) is 5.75 Å². The Bertz CT molecular complexity index is 397. The molecule has 17 heavy (non-hydrogen) atoms. The number of benzene rings is 1. The molecule has 6 heteroatoms. The lowest BCUT2D eigenvalue weighted by molar-refractivity contribution is -0.137. The van der Waals surface area contributed by atoms with Gasteiger partial charge < -0.3 is 15.3 Å². The SMILES string of the molecule is O=C(O)CCCNC(O)c1ccc(Cl)cc1O. The minimum Gasteiger partial charge on any atom is -0.507 e. The van der Waals surface area contributed by atoms with E-state index in [0.717, 1.165) is 0 Å². The van der Waals surface area contributed by atoms with Gasteiger partial charge in [-0.2, -0.15) is 0 Å². The van der Waals surface area contributed by atoms with Gasteiger partial charge in [0.2, 0.25) is 0 Å². The first-order valence-electron chi connectivity index (χ1n) is 5.12. The van der Waals surface area contributed by atoms with Gasteiger partial charge in [-0.05, 0) is 31.2 Å². The first-order chi connectivity index (χ1) is 8.00. The summed E-state index contributed by atoms with van der Waals surface area (Å²) in [5.74, 6) is -0.980. The molecule has 5 nitrogen and oxygen atoms in total. The van der Waals surface area contributed by atoms with Gasteiger partial charge in [0.15, 0.2) is 0 Å². The third-order valence-corrected chi connectivity index (χ3v) is 2.43. The van der Waals surface area contributed by atoms with E-state index in [4.69, 9.17) is 16.7 Å². The summed E-state index contributed by atoms with van der Waals surface area (Å²) in [6, 6.07) is 4.39. The van der Waals surface area contributed by atoms with E-state index in [1.165, 1.54) is 12.1 Å². The zero-order valence-electron chi connectivity index (χ0n) is 9.06. The van der Waals surface area contributed by atoms with Crippen LogP contribution in [0.25, 0.3) is 0 Å². The Kier molecular flexibility index (Phi) is 5.21. The second kappa shape index (κ2) is 6.44. The van der Waals surface area contributed by atoms with Crippen LogP contribution < -0.4 is 5.32 Å². The molecule has 0 heterocycles. The van der Waals surface area contributed by atoms with Crippen molar-refractivity contribution in [3.05, 3.63) is 28.8 Å². The fraction of sp³-hybridized carbons (Fsp3) is 0.364. The summed E-state index contributed by atoms with van der Waals surface area (Å²) in [7, 11) is 0. The summed E-state index contributed by atoms with van der Waals surface area (Å²) < 4.78 is 0. The topological polar surface area (TPSA) is 89.8 Å². The maximum absolute atomic E-state index is 10.3. The number of aromatic hydroxyl groups is 1. The van der Waals surface area contributed by atoms with Gasteiger partial charge in [-0.15, -0.1) is 0 Å². The first kappa shape index (κ1) is 13.8. The van der Waals surface area contributed by atoms with E-state index >= 15 is 0 Å². The Labute approximate surface area is 104 Å². The summed E-state index contributed by atoms with van der Waals surface area (Å²) in [6.07, 6.45) is -0.603. The van der Waals surface area contributed by atoms with Gasteiger partial charge >= 0.3 is 5.97 Å². The molecule has 0 bridgehead atoms. The minimum absolute atomic E-state index is 0.0340. The Morgan fingerprint density at radius 1 is 1.47 bits per heavy atom. The highest BCUT2D eigenvalue weighted by molar-refractivity contribution is 6.30. The van der Waals surface area contributed by atoms with Gasteiger partial charge in [0.05, 0.1) is 0 Å². The molecule has 0 aliphatic heterocycles. The molecule has 0 fully saturated rings. The molecule has 1 unspecified atom stereocenters. The molecular weight excluding hydrogens is 246 g/mol. The Balaban J connectivity index is 2.46. The van der Waals surface area contributed by atoms with Gasteiger partial charge in [0.1, 0.15) is 12.0 Å². The molecule has 94 valence electrons. The number of aliphatic hydroxyl groups excluding tert-OH is 1. The number of carbonyl (C=O) groups is 1. The number of phenols is 1. The maximum atomic E-state index is 10.3. The molecule has 1 aromatic rings. The van der Waals surface area contributed by atoms with E-state index in [1.807, 2.05) is 0 Å². The number of aliphatic hydroxyl groups is 1. The highest BCUT2D eigenvalue weighted by atomic mass is 35.5. The van der Waals surface area contributed by atoms with Crippen molar-refractivity contribution in [1.29, 1.82) is 0 Å². The summed E-state index contributed by atoms with van der Waals surface area (Å²) in [5, 5.41) is 30.7. The number of hydrogen-bond acceptors (Lipinski definition) is 4. The molecule has 0 saturated carbocycles. The van der Waals surface area contributed by atoms with Crippen molar-refractivity contribution in [2.45, 2.75) is 19.1 Å². The van der Waals surface area contributed by atoms with Crippen LogP contribution in [0.4, 0.5) is 0 Å². The van der Waals surface area contributed by atoms with Crippen LogP contribution in [0.3, 0.4) is 0 Å². The van der Waals surface area contributed by atoms with Crippen molar-refractivity contribution < 1.29 is 20.1 Å². The largest absolute Gasteiger partial charge is 0.507 e. The molecule has 0 spiro atoms. The number of rotatable bonds is 6. The maximum Gasteiger partial charge on any atom is 0.303 e. The molecule has 1 aromatic carbocycles. The molecule has 0 aromatic heterocycles. The Hall–Kier alpha value is -1.30. The fourth-order valence-electron chi connectivity index (χ4n) is 1.34. The lowest BCUT2D eigenvalue weighted by Crippen LogP contribution is -2.22. The number of hydrogen-bond donors (Lipinski definition) is 4. The molecule has 0 aliphatic carbocycles. The van der Waals surface area contributed by atoms with Crippen molar-refractivity contribution in [3.8, 4) is 5.75 Å². The van der Waals surface area contributed by atoms with Crippen LogP contribution in [0, 0.1) is 0 Å². The fourth-order valence-corrected chi connectivity index (χ4v) is 1.50. The average Bonchev–Trinajstić information content (AvgIpc) is 2.23. The number of nitrogens with one attached hydrogen (secondary N) is 1. The van der Waals surface area contributed by atoms with Crippen LogP contribution in [0.1, 0.15) is 24.6 Å². The molecule has 1 rings (SSSR count). The van der Waals surface area contributed by atoms with Crippen molar-refractivity contribution in [1.82, 2.24) is 5.32 Å². The number of halogens is 1. The average molecular weight is 260 g/mol. The molecule has 1 atom stereocenters. The van der Waals surface area contributed by atoms with E-state index in [-0.39, 0.29) is 12.2 Å². The predicted molar refractivity (Wildman–Crippen MR) is 62.9 cm³/mol. The van der Waals surface area contributed by atoms with Gasteiger partial charge in [-0.25, -0.2) is 0 Å². The number of carboxylic acids is 1. The molecule has 0 amide bonds. The van der Waals surface area contributed by atoms with Crippen molar-refractivity contribution >= 4 is 17.6 Å². The van der Waals surface area contributed by atoms with Crippen LogP contribution >= 0.6 is 11.6 Å². The lowest BCUT2D eigenvalue weighted by Gasteiger charge is -2.14. The lowest BCUT2D eigenvalue weighted by atomic mass is 10.1. The van der Waals surface area contributed by atoms with Crippen LogP contribution in [0.2, 0.25) is 5.02 Å². The quantitative estimate of drug-likeness (QED) is 0.459. The molecule has 0 radical (unpaired) electrons. The summed E-state index contributed by atoms with van der Waals surface area (Å²) in [6.45, 7) is 0.343. The van der Waals surface area contributed by atoms with Gasteiger partial charge in [-0.1, -0.05) is 11.6 Å². The molecule has 0 saturated heterocycles. The number of aliphatic carboxylic acids is 1. The third-order valence-electron chi connectivity index (χ3n) is 2.19. The highest BCUT2D eigenvalue weighted by Gasteiger charge is 2.11.